The Morgan fingerprint density at radius 2 is 2.11 bits per heavy atom. The Morgan fingerprint density at radius 1 is 1.37 bits per heavy atom. The third-order valence-corrected chi connectivity index (χ3v) is 2.24. The summed E-state index contributed by atoms with van der Waals surface area (Å²) in [6, 6.07) is 5.34. The molecule has 0 aliphatic rings. The minimum atomic E-state index is -1.01. The molecule has 1 amide bonds. The first kappa shape index (κ1) is 14.9. The number of ether oxygens (including phenoxy) is 1. The molecule has 0 bridgehead atoms. The minimum absolute atomic E-state index is 0.00470. The number of anilines is 1. The van der Waals surface area contributed by atoms with Crippen molar-refractivity contribution in [2.75, 3.05) is 18.5 Å². The van der Waals surface area contributed by atoms with Crippen LogP contribution in [0.4, 0.5) is 5.69 Å². The van der Waals surface area contributed by atoms with E-state index < -0.39 is 5.97 Å². The van der Waals surface area contributed by atoms with Crippen molar-refractivity contribution in [3.63, 3.8) is 0 Å². The molecule has 0 spiro atoms. The van der Waals surface area contributed by atoms with Crippen LogP contribution in [0, 0.1) is 6.92 Å². The van der Waals surface area contributed by atoms with E-state index in [0.29, 0.717) is 17.9 Å². The van der Waals surface area contributed by atoms with Gasteiger partial charge in [-0.2, -0.15) is 0 Å². The second-order valence-corrected chi connectivity index (χ2v) is 3.99. The van der Waals surface area contributed by atoms with E-state index in [0.717, 1.165) is 11.6 Å². The SMILES string of the molecule is CCOCC(=O)Nc1cc(C)cc(/C=C/C(=O)O)c1. The zero-order valence-corrected chi connectivity index (χ0v) is 11.0. The van der Waals surface area contributed by atoms with Gasteiger partial charge in [-0.3, -0.25) is 4.79 Å². The lowest BCUT2D eigenvalue weighted by atomic mass is 10.1. The number of carboxylic acid groups (broad SMARTS) is 1. The number of hydrogen-bond acceptors (Lipinski definition) is 3. The highest BCUT2D eigenvalue weighted by Gasteiger charge is 2.03. The number of nitrogens with one attached hydrogen (secondary N) is 1. The van der Waals surface area contributed by atoms with Crippen LogP contribution in [-0.2, 0) is 14.3 Å². The van der Waals surface area contributed by atoms with Gasteiger partial charge in [0.05, 0.1) is 0 Å². The molecule has 0 aliphatic heterocycles. The summed E-state index contributed by atoms with van der Waals surface area (Å²) >= 11 is 0. The number of carbonyl (C=O) groups is 2. The summed E-state index contributed by atoms with van der Waals surface area (Å²) in [6.07, 6.45) is 2.54. The van der Waals surface area contributed by atoms with Crippen molar-refractivity contribution in [2.24, 2.45) is 0 Å². The molecule has 0 atom stereocenters. The second kappa shape index (κ2) is 7.33. The van der Waals surface area contributed by atoms with E-state index in [1.807, 2.05) is 26.0 Å². The van der Waals surface area contributed by atoms with Gasteiger partial charge >= 0.3 is 5.97 Å². The zero-order chi connectivity index (χ0) is 14.3. The third kappa shape index (κ3) is 5.83. The van der Waals surface area contributed by atoms with Crippen LogP contribution in [0.3, 0.4) is 0 Å². The van der Waals surface area contributed by atoms with Crippen LogP contribution in [0.25, 0.3) is 6.08 Å². The van der Waals surface area contributed by atoms with Gasteiger partial charge in [0.2, 0.25) is 5.91 Å². The van der Waals surface area contributed by atoms with E-state index in [-0.39, 0.29) is 12.5 Å². The Hall–Kier alpha value is -2.14. The quantitative estimate of drug-likeness (QED) is 0.770. The van der Waals surface area contributed by atoms with Gasteiger partial charge in [-0.25, -0.2) is 4.79 Å². The lowest BCUT2D eigenvalue weighted by molar-refractivity contribution is -0.131. The van der Waals surface area contributed by atoms with Crippen LogP contribution in [0.15, 0.2) is 24.3 Å². The molecule has 0 aliphatic carbocycles. The highest BCUT2D eigenvalue weighted by atomic mass is 16.5. The molecule has 1 aromatic rings. The molecule has 1 rings (SSSR count). The van der Waals surface area contributed by atoms with Crippen molar-refractivity contribution in [3.05, 3.63) is 35.4 Å². The molecule has 0 unspecified atom stereocenters. The molecule has 102 valence electrons. The highest BCUT2D eigenvalue weighted by molar-refractivity contribution is 5.92. The Balaban J connectivity index is 2.79. The maximum absolute atomic E-state index is 11.5. The Labute approximate surface area is 111 Å². The van der Waals surface area contributed by atoms with E-state index in [9.17, 15) is 9.59 Å². The summed E-state index contributed by atoms with van der Waals surface area (Å²) < 4.78 is 5.00. The number of rotatable bonds is 6. The fourth-order valence-electron chi connectivity index (χ4n) is 1.54. The number of benzene rings is 1. The number of carbonyl (C=O) groups excluding carboxylic acids is 1. The molecule has 0 fully saturated rings. The van der Waals surface area contributed by atoms with Crippen LogP contribution >= 0.6 is 0 Å². The average Bonchev–Trinajstić information content (AvgIpc) is 2.33. The number of aryl methyl sites for hydroxylation is 1. The van der Waals surface area contributed by atoms with E-state index >= 15 is 0 Å². The molecule has 0 aromatic heterocycles. The maximum atomic E-state index is 11.5. The van der Waals surface area contributed by atoms with Crippen molar-refractivity contribution < 1.29 is 19.4 Å². The van der Waals surface area contributed by atoms with Gasteiger partial charge in [0.25, 0.3) is 0 Å². The third-order valence-electron chi connectivity index (χ3n) is 2.24. The Morgan fingerprint density at radius 3 is 2.74 bits per heavy atom. The molecule has 2 N–H and O–H groups in total. The summed E-state index contributed by atoms with van der Waals surface area (Å²) in [5.74, 6) is -1.25. The summed E-state index contributed by atoms with van der Waals surface area (Å²) in [5, 5.41) is 11.3. The van der Waals surface area contributed by atoms with Crippen molar-refractivity contribution in [1.82, 2.24) is 0 Å². The molecule has 0 radical (unpaired) electrons. The topological polar surface area (TPSA) is 75.6 Å². The minimum Gasteiger partial charge on any atom is -0.478 e. The molecule has 19 heavy (non-hydrogen) atoms. The van der Waals surface area contributed by atoms with Gasteiger partial charge in [-0.1, -0.05) is 6.07 Å². The van der Waals surface area contributed by atoms with E-state index in [2.05, 4.69) is 5.32 Å². The van der Waals surface area contributed by atoms with Crippen LogP contribution < -0.4 is 5.32 Å². The van der Waals surface area contributed by atoms with Gasteiger partial charge in [0.1, 0.15) is 6.61 Å². The fourth-order valence-corrected chi connectivity index (χ4v) is 1.54. The van der Waals surface area contributed by atoms with E-state index in [4.69, 9.17) is 9.84 Å². The van der Waals surface area contributed by atoms with Crippen LogP contribution in [0.5, 0.6) is 0 Å². The lowest BCUT2D eigenvalue weighted by Gasteiger charge is -2.07. The van der Waals surface area contributed by atoms with Crippen LogP contribution in [-0.4, -0.2) is 30.2 Å². The molecule has 5 nitrogen and oxygen atoms in total. The highest BCUT2D eigenvalue weighted by Crippen LogP contribution is 2.15. The van der Waals surface area contributed by atoms with Crippen molar-refractivity contribution in [1.29, 1.82) is 0 Å². The predicted octanol–water partition coefficient (Wildman–Crippen LogP) is 2.07. The average molecular weight is 263 g/mol. The predicted molar refractivity (Wildman–Crippen MR) is 73.0 cm³/mol. The van der Waals surface area contributed by atoms with Crippen molar-refractivity contribution in [2.45, 2.75) is 13.8 Å². The first-order valence-electron chi connectivity index (χ1n) is 5.91. The van der Waals surface area contributed by atoms with E-state index in [1.165, 1.54) is 6.08 Å². The summed E-state index contributed by atoms with van der Waals surface area (Å²) in [7, 11) is 0. The molecule has 0 heterocycles. The first-order valence-corrected chi connectivity index (χ1v) is 5.91. The van der Waals surface area contributed by atoms with Gasteiger partial charge in [-0.05, 0) is 43.2 Å². The maximum Gasteiger partial charge on any atom is 0.328 e. The zero-order valence-electron chi connectivity index (χ0n) is 11.0. The first-order chi connectivity index (χ1) is 9.01. The smallest absolute Gasteiger partial charge is 0.328 e. The Kier molecular flexibility index (Phi) is 5.75. The molecule has 1 aromatic carbocycles. The van der Waals surface area contributed by atoms with Crippen LogP contribution in [0.1, 0.15) is 18.1 Å². The van der Waals surface area contributed by atoms with Crippen molar-refractivity contribution in [3.8, 4) is 0 Å². The summed E-state index contributed by atoms with van der Waals surface area (Å²) in [6.45, 7) is 4.17. The molecule has 0 saturated heterocycles. The summed E-state index contributed by atoms with van der Waals surface area (Å²) in [4.78, 5) is 22.0. The number of amides is 1. The molecular formula is C14H17NO4. The van der Waals surface area contributed by atoms with Crippen molar-refractivity contribution >= 4 is 23.6 Å². The van der Waals surface area contributed by atoms with Gasteiger partial charge < -0.3 is 15.2 Å². The molecule has 5 heteroatoms. The number of aliphatic carboxylic acids is 1. The molecule has 0 saturated carbocycles. The summed E-state index contributed by atoms with van der Waals surface area (Å²) in [5.41, 5.74) is 2.27. The largest absolute Gasteiger partial charge is 0.478 e. The second-order valence-electron chi connectivity index (χ2n) is 3.99. The van der Waals surface area contributed by atoms with Gasteiger partial charge in [-0.15, -0.1) is 0 Å². The monoisotopic (exact) mass is 263 g/mol. The Bertz CT molecular complexity index is 494. The van der Waals surface area contributed by atoms with Gasteiger partial charge in [0.15, 0.2) is 0 Å². The number of carboxylic acids is 1. The fraction of sp³-hybridized carbons (Fsp3) is 0.286. The molecular weight excluding hydrogens is 246 g/mol. The lowest BCUT2D eigenvalue weighted by Crippen LogP contribution is -2.18. The normalized spacial score (nSPS) is 10.6. The number of hydrogen-bond donors (Lipinski definition) is 2. The standard InChI is InChI=1S/C14H17NO4/c1-3-19-9-13(16)15-12-7-10(2)6-11(8-12)4-5-14(17)18/h4-8H,3,9H2,1-2H3,(H,15,16)(H,17,18)/b5-4+. The van der Waals surface area contributed by atoms with Crippen LogP contribution in [0.2, 0.25) is 0 Å². The van der Waals surface area contributed by atoms with Gasteiger partial charge in [0, 0.05) is 18.4 Å². The van der Waals surface area contributed by atoms with E-state index in [1.54, 1.807) is 6.07 Å².